The Hall–Kier alpha value is -5.69. The molecule has 0 bridgehead atoms. The van der Waals surface area contributed by atoms with Crippen LogP contribution in [0.25, 0.3) is 67.2 Å². The molecule has 1 aliphatic carbocycles. The van der Waals surface area contributed by atoms with Crippen LogP contribution in [-0.2, 0) is 5.41 Å². The van der Waals surface area contributed by atoms with E-state index in [4.69, 9.17) is 15.0 Å². The van der Waals surface area contributed by atoms with E-state index in [1.807, 2.05) is 84.2 Å². The third-order valence-corrected chi connectivity index (χ3v) is 13.6. The van der Waals surface area contributed by atoms with Gasteiger partial charge in [0.2, 0.25) is 0 Å². The van der Waals surface area contributed by atoms with E-state index in [0.717, 1.165) is 28.8 Å². The fourth-order valence-electron chi connectivity index (χ4n) is 8.45. The molecule has 4 nitrogen and oxygen atoms in total. The molecule has 6 heteroatoms. The Morgan fingerprint density at radius 2 is 1.09 bits per heavy atom. The lowest BCUT2D eigenvalue weighted by Crippen LogP contribution is -2.17. The molecule has 266 valence electrons. The number of nitrogens with zero attached hydrogens (tertiary/aromatic N) is 4. The summed E-state index contributed by atoms with van der Waals surface area (Å²) in [5.41, 5.74) is 11.9. The van der Waals surface area contributed by atoms with Crippen molar-refractivity contribution < 1.29 is 0 Å². The number of hydrogen-bond donors (Lipinski definition) is 0. The number of aromatic nitrogens is 4. The summed E-state index contributed by atoms with van der Waals surface area (Å²) >= 11 is 3.75. The summed E-state index contributed by atoms with van der Waals surface area (Å²) in [5.74, 6) is 1.97. The van der Waals surface area contributed by atoms with Gasteiger partial charge >= 0.3 is 0 Å². The molecule has 55 heavy (non-hydrogen) atoms. The summed E-state index contributed by atoms with van der Waals surface area (Å²) in [6.45, 7) is 9.20. The summed E-state index contributed by atoms with van der Waals surface area (Å²) in [7, 11) is 0. The smallest absolute Gasteiger partial charge is 0.164 e. The van der Waals surface area contributed by atoms with Gasteiger partial charge in [-0.15, -0.1) is 0 Å². The Balaban J connectivity index is 1.17. The predicted octanol–water partition coefficient (Wildman–Crippen LogP) is 13.6. The molecule has 0 saturated heterocycles. The molecule has 0 atom stereocenters. The summed E-state index contributed by atoms with van der Waals surface area (Å²) in [6.07, 6.45) is 5.52. The second-order valence-electron chi connectivity index (χ2n) is 14.7. The van der Waals surface area contributed by atoms with Gasteiger partial charge in [0.25, 0.3) is 0 Å². The van der Waals surface area contributed by atoms with Gasteiger partial charge in [-0.05, 0) is 90.7 Å². The highest BCUT2D eigenvalue weighted by atomic mass is 32.2. The van der Waals surface area contributed by atoms with Gasteiger partial charge in [0.15, 0.2) is 17.5 Å². The quantitative estimate of drug-likeness (QED) is 0.169. The minimum absolute atomic E-state index is 0.0730. The maximum absolute atomic E-state index is 5.01. The first-order chi connectivity index (χ1) is 26.9. The van der Waals surface area contributed by atoms with E-state index in [1.54, 1.807) is 0 Å². The second-order valence-corrected chi connectivity index (χ2v) is 16.8. The van der Waals surface area contributed by atoms with E-state index >= 15 is 0 Å². The van der Waals surface area contributed by atoms with E-state index < -0.39 is 0 Å². The normalized spacial score (nSPS) is 14.5. The SMILES string of the molecule is C/C=C\C1=C(CC)C(C)(C)c2cc3c(cc21)c1cc2c(cc1n3-c1ccc(-c3nc(-c4ccccc4)nc(-c4ccccc4)n3)cc1)Sc1ccccc1S2. The Labute approximate surface area is 330 Å². The molecule has 0 spiro atoms. The van der Waals surface area contributed by atoms with Crippen molar-refractivity contribution in [2.24, 2.45) is 0 Å². The monoisotopic (exact) mass is 746 g/mol. The topological polar surface area (TPSA) is 43.6 Å². The number of rotatable bonds is 6. The molecule has 2 aromatic heterocycles. The van der Waals surface area contributed by atoms with Crippen LogP contribution in [0.1, 0.15) is 45.2 Å². The first-order valence-electron chi connectivity index (χ1n) is 18.9. The molecule has 0 N–H and O–H groups in total. The van der Waals surface area contributed by atoms with Gasteiger partial charge in [0.05, 0.1) is 11.0 Å². The zero-order valence-electron chi connectivity index (χ0n) is 31.2. The third kappa shape index (κ3) is 5.58. The zero-order chi connectivity index (χ0) is 37.3. The van der Waals surface area contributed by atoms with E-state index in [1.165, 1.54) is 63.7 Å². The maximum Gasteiger partial charge on any atom is 0.164 e. The van der Waals surface area contributed by atoms with Crippen LogP contribution in [0.15, 0.2) is 171 Å². The molecule has 0 amide bonds. The third-order valence-electron chi connectivity index (χ3n) is 11.1. The van der Waals surface area contributed by atoms with Gasteiger partial charge in [-0.2, -0.15) is 0 Å². The average Bonchev–Trinajstić information content (AvgIpc) is 3.64. The van der Waals surface area contributed by atoms with Crippen LogP contribution in [0.5, 0.6) is 0 Å². The van der Waals surface area contributed by atoms with Crippen LogP contribution in [-0.4, -0.2) is 19.5 Å². The minimum Gasteiger partial charge on any atom is -0.309 e. The van der Waals surface area contributed by atoms with Crippen LogP contribution in [0.2, 0.25) is 0 Å². The van der Waals surface area contributed by atoms with Crippen molar-refractivity contribution in [1.29, 1.82) is 0 Å². The van der Waals surface area contributed by atoms with Crippen LogP contribution in [0.4, 0.5) is 0 Å². The van der Waals surface area contributed by atoms with Crippen molar-refractivity contribution in [3.05, 3.63) is 162 Å². The Kier molecular flexibility index (Phi) is 8.16. The molecule has 6 aromatic carbocycles. The fourth-order valence-corrected chi connectivity index (χ4v) is 10.7. The Bertz CT molecular complexity index is 2810. The van der Waals surface area contributed by atoms with Crippen LogP contribution in [0, 0.1) is 0 Å². The van der Waals surface area contributed by atoms with Crippen LogP contribution in [0.3, 0.4) is 0 Å². The second kappa shape index (κ2) is 13.3. The highest BCUT2D eigenvalue weighted by Crippen LogP contribution is 2.53. The molecule has 8 aromatic rings. The first-order valence-corrected chi connectivity index (χ1v) is 20.5. The summed E-state index contributed by atoms with van der Waals surface area (Å²) in [6, 6.07) is 47.6. The zero-order valence-corrected chi connectivity index (χ0v) is 32.8. The van der Waals surface area contributed by atoms with Crippen molar-refractivity contribution in [3.8, 4) is 39.9 Å². The van der Waals surface area contributed by atoms with Crippen molar-refractivity contribution in [2.75, 3.05) is 0 Å². The lowest BCUT2D eigenvalue weighted by molar-refractivity contribution is 0.618. The molecular formula is C49H38N4S2. The summed E-state index contributed by atoms with van der Waals surface area (Å²) in [4.78, 5) is 20.1. The van der Waals surface area contributed by atoms with E-state index in [-0.39, 0.29) is 5.41 Å². The highest BCUT2D eigenvalue weighted by molar-refractivity contribution is 8.05. The average molecular weight is 747 g/mol. The minimum atomic E-state index is -0.0730. The molecule has 0 radical (unpaired) electrons. The lowest BCUT2D eigenvalue weighted by atomic mass is 9.80. The molecule has 2 aliphatic rings. The molecule has 0 unspecified atom stereocenters. The summed E-state index contributed by atoms with van der Waals surface area (Å²) < 4.78 is 2.47. The molecule has 3 heterocycles. The summed E-state index contributed by atoms with van der Waals surface area (Å²) in [5, 5.41) is 2.55. The Morgan fingerprint density at radius 1 is 0.582 bits per heavy atom. The van der Waals surface area contributed by atoms with E-state index in [9.17, 15) is 0 Å². The van der Waals surface area contributed by atoms with Gasteiger partial charge < -0.3 is 4.57 Å². The first kappa shape index (κ1) is 33.8. The van der Waals surface area contributed by atoms with E-state index in [2.05, 4.69) is 117 Å². The largest absolute Gasteiger partial charge is 0.309 e. The molecule has 0 fully saturated rings. The van der Waals surface area contributed by atoms with Gasteiger partial charge in [-0.25, -0.2) is 15.0 Å². The van der Waals surface area contributed by atoms with Crippen molar-refractivity contribution in [3.63, 3.8) is 0 Å². The number of allylic oxidation sites excluding steroid dienone is 4. The molecule has 10 rings (SSSR count). The number of benzene rings is 6. The number of fused-ring (bicyclic) bond motifs is 6. The van der Waals surface area contributed by atoms with Gasteiger partial charge in [-0.3, -0.25) is 0 Å². The molecule has 0 saturated carbocycles. The van der Waals surface area contributed by atoms with Crippen molar-refractivity contribution >= 4 is 50.9 Å². The fraction of sp³-hybridized carbons (Fsp3) is 0.122. The van der Waals surface area contributed by atoms with E-state index in [0.29, 0.717) is 17.5 Å². The molecular weight excluding hydrogens is 709 g/mol. The van der Waals surface area contributed by atoms with Gasteiger partial charge in [0, 0.05) is 58.1 Å². The van der Waals surface area contributed by atoms with Crippen LogP contribution >= 0.6 is 23.5 Å². The highest BCUT2D eigenvalue weighted by Gasteiger charge is 2.37. The van der Waals surface area contributed by atoms with Crippen molar-refractivity contribution in [1.82, 2.24) is 19.5 Å². The van der Waals surface area contributed by atoms with Crippen LogP contribution < -0.4 is 0 Å². The molecule has 1 aliphatic heterocycles. The van der Waals surface area contributed by atoms with Gasteiger partial charge in [-0.1, -0.05) is 135 Å². The maximum atomic E-state index is 5.01. The van der Waals surface area contributed by atoms with Crippen molar-refractivity contribution in [2.45, 2.75) is 59.1 Å². The predicted molar refractivity (Wildman–Crippen MR) is 230 cm³/mol. The Morgan fingerprint density at radius 3 is 1.65 bits per heavy atom. The lowest BCUT2D eigenvalue weighted by Gasteiger charge is -2.24. The van der Waals surface area contributed by atoms with Gasteiger partial charge in [0.1, 0.15) is 0 Å². The number of hydrogen-bond acceptors (Lipinski definition) is 5. The standard InChI is InChI=1S/C49H38N4S2/c1-5-15-34-35-26-36-37-27-44-45(55-43-21-14-13-20-42(43)54-44)29-41(37)53(40(36)28-39(35)49(3,4)38(34)6-2)33-24-22-32(23-25-33)48-51-46(30-16-9-7-10-17-30)50-47(52-48)31-18-11-8-12-19-31/h5,7-29H,6H2,1-4H3/b15-5-.